The van der Waals surface area contributed by atoms with Crippen molar-refractivity contribution >= 4 is 29.2 Å². The summed E-state index contributed by atoms with van der Waals surface area (Å²) in [7, 11) is 3.01. The number of methoxy groups -OCH3 is 1. The van der Waals surface area contributed by atoms with E-state index in [1.807, 2.05) is 0 Å². The highest BCUT2D eigenvalue weighted by Crippen LogP contribution is 2.29. The van der Waals surface area contributed by atoms with Gasteiger partial charge in [-0.15, -0.1) is 0 Å². The molecule has 0 aliphatic carbocycles. The van der Waals surface area contributed by atoms with Crippen LogP contribution < -0.4 is 9.64 Å². The quantitative estimate of drug-likeness (QED) is 0.849. The van der Waals surface area contributed by atoms with Crippen LogP contribution in [0.1, 0.15) is 0 Å². The molecule has 0 fully saturated rings. The zero-order valence-electron chi connectivity index (χ0n) is 9.88. The summed E-state index contributed by atoms with van der Waals surface area (Å²) in [5.41, 5.74) is 0.470. The van der Waals surface area contributed by atoms with Gasteiger partial charge in [0.2, 0.25) is 0 Å². The van der Waals surface area contributed by atoms with Gasteiger partial charge >= 0.3 is 5.97 Å². The van der Waals surface area contributed by atoms with Crippen LogP contribution in [0.5, 0.6) is 5.75 Å². The van der Waals surface area contributed by atoms with Gasteiger partial charge in [0.05, 0.1) is 17.8 Å². The Labute approximate surface area is 109 Å². The molecule has 0 aliphatic rings. The van der Waals surface area contributed by atoms with E-state index in [4.69, 9.17) is 21.4 Å². The van der Waals surface area contributed by atoms with E-state index in [0.29, 0.717) is 16.5 Å². The van der Waals surface area contributed by atoms with Gasteiger partial charge in [-0.05, 0) is 12.1 Å². The molecule has 18 heavy (non-hydrogen) atoms. The standard InChI is InChI=1S/C12H12ClNO4/c1-14(11(15)5-6-12(16)17)10-4-3-8(18-2)7-9(10)13/h3-7H,1-2H3,(H,16,17)/b6-5+. The summed E-state index contributed by atoms with van der Waals surface area (Å²) in [5, 5.41) is 8.78. The second-order valence-corrected chi connectivity index (χ2v) is 3.79. The average molecular weight is 270 g/mol. The number of carbonyl (C=O) groups is 2. The summed E-state index contributed by atoms with van der Waals surface area (Å²) in [4.78, 5) is 23.2. The first kappa shape index (κ1) is 14.1. The van der Waals surface area contributed by atoms with Crippen molar-refractivity contribution in [1.82, 2.24) is 0 Å². The van der Waals surface area contributed by atoms with Gasteiger partial charge < -0.3 is 14.7 Å². The number of nitrogens with zero attached hydrogens (tertiary/aromatic N) is 1. The molecular weight excluding hydrogens is 258 g/mol. The maximum absolute atomic E-state index is 11.6. The molecule has 1 amide bonds. The smallest absolute Gasteiger partial charge is 0.328 e. The average Bonchev–Trinajstić information content (AvgIpc) is 2.34. The number of ether oxygens (including phenoxy) is 1. The number of anilines is 1. The molecule has 0 saturated carbocycles. The van der Waals surface area contributed by atoms with Gasteiger partial charge in [-0.2, -0.15) is 0 Å². The number of carboxylic acids is 1. The summed E-state index contributed by atoms with van der Waals surface area (Å²) in [6.45, 7) is 0. The van der Waals surface area contributed by atoms with Crippen LogP contribution >= 0.6 is 11.6 Å². The fourth-order valence-corrected chi connectivity index (χ4v) is 1.56. The number of halogens is 1. The van der Waals surface area contributed by atoms with Crippen LogP contribution in [0.3, 0.4) is 0 Å². The molecular formula is C12H12ClNO4. The van der Waals surface area contributed by atoms with Crippen molar-refractivity contribution < 1.29 is 19.4 Å². The van der Waals surface area contributed by atoms with Crippen LogP contribution in [0.25, 0.3) is 0 Å². The fraction of sp³-hybridized carbons (Fsp3) is 0.167. The van der Waals surface area contributed by atoms with Gasteiger partial charge in [-0.3, -0.25) is 4.79 Å². The van der Waals surface area contributed by atoms with Crippen molar-refractivity contribution in [2.75, 3.05) is 19.1 Å². The van der Waals surface area contributed by atoms with Crippen molar-refractivity contribution in [3.05, 3.63) is 35.4 Å². The van der Waals surface area contributed by atoms with E-state index in [-0.39, 0.29) is 0 Å². The van der Waals surface area contributed by atoms with Crippen LogP contribution in [0, 0.1) is 0 Å². The van der Waals surface area contributed by atoms with E-state index < -0.39 is 11.9 Å². The highest BCUT2D eigenvalue weighted by Gasteiger charge is 2.12. The van der Waals surface area contributed by atoms with Crippen LogP contribution in [0.2, 0.25) is 5.02 Å². The summed E-state index contributed by atoms with van der Waals surface area (Å²) in [6.07, 6.45) is 1.74. The minimum Gasteiger partial charge on any atom is -0.497 e. The number of amides is 1. The molecule has 0 bridgehead atoms. The number of likely N-dealkylation sites (N-methyl/N-ethyl adjacent to an activating group) is 1. The molecule has 0 radical (unpaired) electrons. The largest absolute Gasteiger partial charge is 0.497 e. The molecule has 6 heteroatoms. The molecule has 1 aromatic carbocycles. The van der Waals surface area contributed by atoms with E-state index in [1.54, 1.807) is 18.2 Å². The molecule has 0 atom stereocenters. The second kappa shape index (κ2) is 6.07. The Balaban J connectivity index is 2.93. The molecule has 0 saturated heterocycles. The van der Waals surface area contributed by atoms with Crippen molar-refractivity contribution in [2.45, 2.75) is 0 Å². The predicted molar refractivity (Wildman–Crippen MR) is 68.2 cm³/mol. The third-order valence-electron chi connectivity index (χ3n) is 2.22. The lowest BCUT2D eigenvalue weighted by atomic mass is 10.2. The summed E-state index contributed by atoms with van der Waals surface area (Å²) in [5.74, 6) is -1.09. The van der Waals surface area contributed by atoms with E-state index in [9.17, 15) is 9.59 Å². The highest BCUT2D eigenvalue weighted by molar-refractivity contribution is 6.34. The summed E-state index contributed by atoms with van der Waals surface area (Å²) >= 11 is 6.00. The van der Waals surface area contributed by atoms with Crippen molar-refractivity contribution in [3.8, 4) is 5.75 Å². The van der Waals surface area contributed by atoms with Gasteiger partial charge in [0, 0.05) is 25.3 Å². The Bertz CT molecular complexity index is 499. The number of benzene rings is 1. The molecule has 5 nitrogen and oxygen atoms in total. The summed E-state index contributed by atoms with van der Waals surface area (Å²) < 4.78 is 4.99. The van der Waals surface area contributed by atoms with Gasteiger partial charge in [0.1, 0.15) is 5.75 Å². The number of aliphatic carboxylic acids is 1. The zero-order chi connectivity index (χ0) is 13.7. The van der Waals surface area contributed by atoms with Gasteiger partial charge in [0.15, 0.2) is 0 Å². The third-order valence-corrected chi connectivity index (χ3v) is 2.52. The molecule has 1 N–H and O–H groups in total. The van der Waals surface area contributed by atoms with Crippen molar-refractivity contribution in [3.63, 3.8) is 0 Å². The molecule has 96 valence electrons. The molecule has 0 aliphatic heterocycles. The van der Waals surface area contributed by atoms with Gasteiger partial charge in [-0.25, -0.2) is 4.79 Å². The van der Waals surface area contributed by atoms with Crippen LogP contribution in [-0.4, -0.2) is 31.1 Å². The summed E-state index contributed by atoms with van der Waals surface area (Å²) in [6, 6.07) is 4.85. The SMILES string of the molecule is COc1ccc(N(C)C(=O)/C=C/C(=O)O)c(Cl)c1. The monoisotopic (exact) mass is 269 g/mol. The maximum Gasteiger partial charge on any atom is 0.328 e. The minimum absolute atomic E-state index is 0.342. The van der Waals surface area contributed by atoms with E-state index in [1.165, 1.54) is 19.1 Å². The maximum atomic E-state index is 11.6. The first-order chi connectivity index (χ1) is 8.45. The number of carbonyl (C=O) groups excluding carboxylic acids is 1. The number of rotatable bonds is 4. The lowest BCUT2D eigenvalue weighted by Crippen LogP contribution is -2.24. The lowest BCUT2D eigenvalue weighted by molar-refractivity contribution is -0.131. The van der Waals surface area contributed by atoms with Gasteiger partial charge in [-0.1, -0.05) is 11.6 Å². The Kier molecular flexibility index (Phi) is 4.74. The molecule has 1 rings (SSSR count). The van der Waals surface area contributed by atoms with E-state index >= 15 is 0 Å². The second-order valence-electron chi connectivity index (χ2n) is 3.39. The number of hydrogen-bond donors (Lipinski definition) is 1. The topological polar surface area (TPSA) is 66.8 Å². The third kappa shape index (κ3) is 3.49. The van der Waals surface area contributed by atoms with Crippen LogP contribution in [-0.2, 0) is 9.59 Å². The Morgan fingerprint density at radius 1 is 1.39 bits per heavy atom. The first-order valence-corrected chi connectivity index (χ1v) is 5.35. The van der Waals surface area contributed by atoms with E-state index in [2.05, 4.69) is 0 Å². The molecule has 1 aromatic rings. The molecule has 0 spiro atoms. The molecule has 0 heterocycles. The van der Waals surface area contributed by atoms with Crippen LogP contribution in [0.4, 0.5) is 5.69 Å². The normalized spacial score (nSPS) is 10.4. The predicted octanol–water partition coefficient (Wildman–Crippen LogP) is 1.95. The van der Waals surface area contributed by atoms with Crippen molar-refractivity contribution in [2.24, 2.45) is 0 Å². The lowest BCUT2D eigenvalue weighted by Gasteiger charge is -2.17. The van der Waals surface area contributed by atoms with Crippen molar-refractivity contribution in [1.29, 1.82) is 0 Å². The molecule has 0 aromatic heterocycles. The fourth-order valence-electron chi connectivity index (χ4n) is 1.26. The Morgan fingerprint density at radius 3 is 2.56 bits per heavy atom. The van der Waals surface area contributed by atoms with E-state index in [0.717, 1.165) is 12.2 Å². The Morgan fingerprint density at radius 2 is 2.06 bits per heavy atom. The van der Waals surface area contributed by atoms with Crippen LogP contribution in [0.15, 0.2) is 30.4 Å². The Hall–Kier alpha value is -2.01. The van der Waals surface area contributed by atoms with Gasteiger partial charge in [0.25, 0.3) is 5.91 Å². The minimum atomic E-state index is -1.18. The first-order valence-electron chi connectivity index (χ1n) is 4.98. The number of carboxylic acid groups (broad SMARTS) is 1. The highest BCUT2D eigenvalue weighted by atomic mass is 35.5. The molecule has 0 unspecified atom stereocenters. The number of hydrogen-bond acceptors (Lipinski definition) is 3. The zero-order valence-corrected chi connectivity index (χ0v) is 10.6.